The van der Waals surface area contributed by atoms with E-state index in [9.17, 15) is 9.90 Å². The summed E-state index contributed by atoms with van der Waals surface area (Å²) in [6.45, 7) is 7.79. The highest BCUT2D eigenvalue weighted by Gasteiger charge is 2.24. The molecule has 106 valence electrons. The van der Waals surface area contributed by atoms with E-state index in [0.717, 1.165) is 12.0 Å². The summed E-state index contributed by atoms with van der Waals surface area (Å²) in [6.07, 6.45) is 0.718. The largest absolute Gasteiger partial charge is 0.465 e. The van der Waals surface area contributed by atoms with Gasteiger partial charge in [0, 0.05) is 12.5 Å². The van der Waals surface area contributed by atoms with Crippen molar-refractivity contribution in [2.75, 3.05) is 13.2 Å². The van der Waals surface area contributed by atoms with Crippen LogP contribution in [0.3, 0.4) is 0 Å². The summed E-state index contributed by atoms with van der Waals surface area (Å²) < 4.78 is 5.26. The van der Waals surface area contributed by atoms with Crippen LogP contribution in [0.25, 0.3) is 0 Å². The maximum atomic E-state index is 11.7. The number of carbonyl (C=O) groups excluding carboxylic acids is 1. The summed E-state index contributed by atoms with van der Waals surface area (Å²) in [5, 5.41) is 9.38. The first-order valence-corrected chi connectivity index (χ1v) is 6.66. The van der Waals surface area contributed by atoms with E-state index in [1.54, 1.807) is 0 Å². The zero-order chi connectivity index (χ0) is 14.5. The Bertz CT molecular complexity index is 418. The van der Waals surface area contributed by atoms with Gasteiger partial charge >= 0.3 is 5.97 Å². The molecular weight excluding hydrogens is 240 g/mol. The molecule has 0 heterocycles. The second kappa shape index (κ2) is 6.71. The predicted octanol–water partition coefficient (Wildman–Crippen LogP) is 2.74. The minimum Gasteiger partial charge on any atom is -0.465 e. The molecule has 1 rings (SSSR count). The van der Waals surface area contributed by atoms with E-state index < -0.39 is 5.41 Å². The van der Waals surface area contributed by atoms with E-state index in [4.69, 9.17) is 4.74 Å². The molecule has 0 aliphatic heterocycles. The van der Waals surface area contributed by atoms with Crippen LogP contribution >= 0.6 is 0 Å². The van der Waals surface area contributed by atoms with Crippen LogP contribution < -0.4 is 0 Å². The molecule has 1 aromatic carbocycles. The number of hydrogen-bond donors (Lipinski definition) is 1. The Morgan fingerprint density at radius 1 is 1.37 bits per heavy atom. The van der Waals surface area contributed by atoms with Crippen LogP contribution in [0.15, 0.2) is 24.3 Å². The maximum Gasteiger partial charge on any atom is 0.311 e. The summed E-state index contributed by atoms with van der Waals surface area (Å²) >= 11 is 0. The molecule has 1 aromatic rings. The zero-order valence-electron chi connectivity index (χ0n) is 12.3. The highest BCUT2D eigenvalue weighted by atomic mass is 16.5. The second-order valence-corrected chi connectivity index (χ2v) is 6.09. The highest BCUT2D eigenvalue weighted by Crippen LogP contribution is 2.17. The molecule has 0 saturated carbocycles. The number of esters is 1. The average Bonchev–Trinajstić information content (AvgIpc) is 2.32. The van der Waals surface area contributed by atoms with Crippen LogP contribution in [-0.2, 0) is 16.0 Å². The Kier molecular flexibility index (Phi) is 5.55. The molecule has 0 aliphatic carbocycles. The first-order valence-electron chi connectivity index (χ1n) is 6.66. The van der Waals surface area contributed by atoms with Crippen molar-refractivity contribution in [3.63, 3.8) is 0 Å². The van der Waals surface area contributed by atoms with Gasteiger partial charge in [-0.2, -0.15) is 0 Å². The van der Waals surface area contributed by atoms with Crippen LogP contribution in [0.1, 0.15) is 31.9 Å². The van der Waals surface area contributed by atoms with Gasteiger partial charge in [0.1, 0.15) is 0 Å². The summed E-state index contributed by atoms with van der Waals surface area (Å²) in [5.74, 6) is -0.275. The topological polar surface area (TPSA) is 46.5 Å². The standard InChI is InChI=1S/C16H24O3/c1-12-6-5-7-13(8-12)9-14(10-17)11-19-15(18)16(2,3)4/h5-8,14,17H,9-11H2,1-4H3. The monoisotopic (exact) mass is 264 g/mol. The molecule has 0 spiro atoms. The second-order valence-electron chi connectivity index (χ2n) is 6.09. The summed E-state index contributed by atoms with van der Waals surface area (Å²) in [7, 11) is 0. The van der Waals surface area contributed by atoms with Crippen LogP contribution in [-0.4, -0.2) is 24.3 Å². The lowest BCUT2D eigenvalue weighted by molar-refractivity contribution is -0.154. The van der Waals surface area contributed by atoms with E-state index >= 15 is 0 Å². The van der Waals surface area contributed by atoms with Gasteiger partial charge in [-0.3, -0.25) is 4.79 Å². The number of ether oxygens (including phenoxy) is 1. The molecule has 0 radical (unpaired) electrons. The van der Waals surface area contributed by atoms with Crippen LogP contribution in [0, 0.1) is 18.3 Å². The van der Waals surface area contributed by atoms with Gasteiger partial charge in [-0.05, 0) is 39.7 Å². The molecule has 3 heteroatoms. The fraction of sp³-hybridized carbons (Fsp3) is 0.562. The van der Waals surface area contributed by atoms with Crippen molar-refractivity contribution in [3.8, 4) is 0 Å². The van der Waals surface area contributed by atoms with Crippen LogP contribution in [0.2, 0.25) is 0 Å². The molecule has 0 aliphatic rings. The van der Waals surface area contributed by atoms with Gasteiger partial charge in [-0.25, -0.2) is 0 Å². The Hall–Kier alpha value is -1.35. The summed E-state index contributed by atoms with van der Waals surface area (Å²) in [5.41, 5.74) is 1.86. The molecule has 0 saturated heterocycles. The van der Waals surface area contributed by atoms with Crippen LogP contribution in [0.5, 0.6) is 0 Å². The van der Waals surface area contributed by atoms with Gasteiger partial charge < -0.3 is 9.84 Å². The van der Waals surface area contributed by atoms with Crippen LogP contribution in [0.4, 0.5) is 0 Å². The van der Waals surface area contributed by atoms with Gasteiger partial charge in [-0.15, -0.1) is 0 Å². The third kappa shape index (κ3) is 5.43. The summed E-state index contributed by atoms with van der Waals surface area (Å²) in [4.78, 5) is 11.7. The number of aliphatic hydroxyl groups excluding tert-OH is 1. The van der Waals surface area contributed by atoms with Crippen molar-refractivity contribution in [3.05, 3.63) is 35.4 Å². The molecule has 0 fully saturated rings. The third-order valence-corrected chi connectivity index (χ3v) is 2.93. The Balaban J connectivity index is 2.53. The Labute approximate surface area is 115 Å². The quantitative estimate of drug-likeness (QED) is 0.832. The fourth-order valence-electron chi connectivity index (χ4n) is 1.76. The molecule has 0 aromatic heterocycles. The lowest BCUT2D eigenvalue weighted by Gasteiger charge is -2.20. The van der Waals surface area contributed by atoms with E-state index in [-0.39, 0.29) is 25.1 Å². The predicted molar refractivity (Wildman–Crippen MR) is 75.9 cm³/mol. The van der Waals surface area contributed by atoms with Gasteiger partial charge in [0.05, 0.1) is 12.0 Å². The van der Waals surface area contributed by atoms with Crippen molar-refractivity contribution in [2.24, 2.45) is 11.3 Å². The van der Waals surface area contributed by atoms with Gasteiger partial charge in [0.2, 0.25) is 0 Å². The number of benzene rings is 1. The van der Waals surface area contributed by atoms with Gasteiger partial charge in [0.15, 0.2) is 0 Å². The molecule has 0 amide bonds. The van der Waals surface area contributed by atoms with E-state index in [2.05, 4.69) is 6.07 Å². The number of hydrogen-bond acceptors (Lipinski definition) is 3. The van der Waals surface area contributed by atoms with E-state index in [1.807, 2.05) is 45.9 Å². The first-order chi connectivity index (χ1) is 8.82. The molecule has 1 N–H and O–H groups in total. The molecule has 1 unspecified atom stereocenters. The minimum atomic E-state index is -0.497. The smallest absolute Gasteiger partial charge is 0.311 e. The fourth-order valence-corrected chi connectivity index (χ4v) is 1.76. The van der Waals surface area contributed by atoms with Crippen molar-refractivity contribution in [2.45, 2.75) is 34.1 Å². The maximum absolute atomic E-state index is 11.7. The number of carbonyl (C=O) groups is 1. The minimum absolute atomic E-state index is 0.0192. The van der Waals surface area contributed by atoms with Gasteiger partial charge in [-0.1, -0.05) is 29.8 Å². The average molecular weight is 264 g/mol. The van der Waals surface area contributed by atoms with Gasteiger partial charge in [0.25, 0.3) is 0 Å². The SMILES string of the molecule is Cc1cccc(CC(CO)COC(=O)C(C)(C)C)c1. The Morgan fingerprint density at radius 2 is 2.05 bits per heavy atom. The molecule has 3 nitrogen and oxygen atoms in total. The number of rotatable bonds is 5. The normalized spacial score (nSPS) is 13.1. The van der Waals surface area contributed by atoms with Crippen molar-refractivity contribution in [1.29, 1.82) is 0 Å². The lowest BCUT2D eigenvalue weighted by atomic mass is 9.97. The summed E-state index contributed by atoms with van der Waals surface area (Å²) in [6, 6.07) is 8.16. The van der Waals surface area contributed by atoms with E-state index in [1.165, 1.54) is 5.56 Å². The zero-order valence-corrected chi connectivity index (χ0v) is 12.3. The van der Waals surface area contributed by atoms with Crippen molar-refractivity contribution < 1.29 is 14.6 Å². The van der Waals surface area contributed by atoms with E-state index in [0.29, 0.717) is 0 Å². The number of aryl methyl sites for hydroxylation is 1. The molecule has 0 bridgehead atoms. The number of aliphatic hydroxyl groups is 1. The lowest BCUT2D eigenvalue weighted by Crippen LogP contribution is -2.27. The molecule has 1 atom stereocenters. The van der Waals surface area contributed by atoms with Crippen molar-refractivity contribution in [1.82, 2.24) is 0 Å². The Morgan fingerprint density at radius 3 is 2.58 bits per heavy atom. The van der Waals surface area contributed by atoms with Crippen molar-refractivity contribution >= 4 is 5.97 Å². The third-order valence-electron chi connectivity index (χ3n) is 2.93. The molecular formula is C16H24O3. The highest BCUT2D eigenvalue weighted by molar-refractivity contribution is 5.75. The molecule has 19 heavy (non-hydrogen) atoms. The first kappa shape index (κ1) is 15.7.